The van der Waals surface area contributed by atoms with Gasteiger partial charge in [0.1, 0.15) is 29.5 Å². The van der Waals surface area contributed by atoms with E-state index in [2.05, 4.69) is 10.3 Å². The van der Waals surface area contributed by atoms with Crippen molar-refractivity contribution in [2.24, 2.45) is 0 Å². The molecule has 234 valence electrons. The van der Waals surface area contributed by atoms with Crippen molar-refractivity contribution in [1.29, 1.82) is 0 Å². The number of hydrogen-bond acceptors (Lipinski definition) is 5. The molecule has 4 N–H and O–H groups in total. The predicted octanol–water partition coefficient (Wildman–Crippen LogP) is 5.82. The third kappa shape index (κ3) is 10.6. The molecule has 0 fully saturated rings. The van der Waals surface area contributed by atoms with E-state index in [0.29, 0.717) is 5.39 Å². The molecule has 0 aliphatic rings. The van der Waals surface area contributed by atoms with Crippen molar-refractivity contribution in [2.75, 3.05) is 6.54 Å². The van der Waals surface area contributed by atoms with E-state index in [-0.39, 0.29) is 22.4 Å². The van der Waals surface area contributed by atoms with Gasteiger partial charge in [-0.2, -0.15) is 26.3 Å². The number of ether oxygens (including phenoxy) is 1. The number of rotatable bonds is 9. The molecular weight excluding hydrogens is 602 g/mol. The van der Waals surface area contributed by atoms with E-state index in [9.17, 15) is 44.7 Å². The monoisotopic (exact) mass is 625 g/mol. The number of hydrogen-bond donors (Lipinski definition) is 4. The zero-order valence-electron chi connectivity index (χ0n) is 21.9. The normalized spacial score (nSPS) is 12.9. The highest BCUT2D eigenvalue weighted by molar-refractivity contribution is 6.07. The lowest BCUT2D eigenvalue weighted by molar-refractivity contribution is -0.192. The molecule has 0 saturated heterocycles. The lowest BCUT2D eigenvalue weighted by Crippen LogP contribution is -2.53. The fourth-order valence-corrected chi connectivity index (χ4v) is 3.53. The topological polar surface area (TPSA) is 138 Å². The van der Waals surface area contributed by atoms with Crippen LogP contribution in [-0.2, 0) is 11.4 Å². The van der Waals surface area contributed by atoms with E-state index in [1.54, 1.807) is 6.07 Å². The number of benzene rings is 2. The van der Waals surface area contributed by atoms with E-state index in [0.717, 1.165) is 12.1 Å². The third-order valence-electron chi connectivity index (χ3n) is 5.66. The molecular formula is C26H23F8N3O6. The standard InChI is InChI=1S/C24H22F5N3O4.C2HF3O2/c1-23(32-22(34)35,9-10-24(27,28)29)13-31-21(33)15-8-11-30-20-14(15)4-2-7-19(20)36-12-16-17(25)5-3-6-18(16)26;3-2(4,5)1(6)7/h2-8,11,32H,9-10,12-13H2,1H3,(H,31,33)(H,34,35);(H,6,7). The lowest BCUT2D eigenvalue weighted by Gasteiger charge is -2.30. The summed E-state index contributed by atoms with van der Waals surface area (Å²) in [5.41, 5.74) is -1.56. The van der Waals surface area contributed by atoms with Crippen molar-refractivity contribution in [1.82, 2.24) is 15.6 Å². The lowest BCUT2D eigenvalue weighted by atomic mass is 9.95. The van der Waals surface area contributed by atoms with Gasteiger partial charge in [-0.3, -0.25) is 9.78 Å². The first kappa shape index (κ1) is 34.5. The highest BCUT2D eigenvalue weighted by Gasteiger charge is 2.38. The first-order valence-corrected chi connectivity index (χ1v) is 11.9. The molecule has 3 rings (SSSR count). The summed E-state index contributed by atoms with van der Waals surface area (Å²) in [6.07, 6.45) is -11.7. The maximum Gasteiger partial charge on any atom is 0.490 e. The third-order valence-corrected chi connectivity index (χ3v) is 5.66. The Bertz CT molecular complexity index is 1440. The van der Waals surface area contributed by atoms with Crippen LogP contribution >= 0.6 is 0 Å². The van der Waals surface area contributed by atoms with Crippen LogP contribution in [0.1, 0.15) is 35.7 Å². The molecule has 43 heavy (non-hydrogen) atoms. The Morgan fingerprint density at radius 3 is 2.02 bits per heavy atom. The fraction of sp³-hybridized carbons (Fsp3) is 0.308. The van der Waals surface area contributed by atoms with Crippen LogP contribution in [0.4, 0.5) is 39.9 Å². The van der Waals surface area contributed by atoms with Crippen molar-refractivity contribution >= 4 is 28.9 Å². The molecule has 0 spiro atoms. The zero-order chi connectivity index (χ0) is 32.6. The average molecular weight is 625 g/mol. The minimum atomic E-state index is -5.08. The van der Waals surface area contributed by atoms with Gasteiger partial charge in [-0.05, 0) is 37.6 Å². The Morgan fingerprint density at radius 2 is 1.49 bits per heavy atom. The van der Waals surface area contributed by atoms with E-state index < -0.39 is 73.5 Å². The van der Waals surface area contributed by atoms with E-state index in [4.69, 9.17) is 19.7 Å². The predicted molar refractivity (Wildman–Crippen MR) is 133 cm³/mol. The van der Waals surface area contributed by atoms with Crippen molar-refractivity contribution in [3.63, 3.8) is 0 Å². The number of aliphatic carboxylic acids is 1. The second kappa shape index (κ2) is 14.0. The quantitative estimate of drug-likeness (QED) is 0.220. The highest BCUT2D eigenvalue weighted by Crippen LogP contribution is 2.28. The maximum absolute atomic E-state index is 13.9. The van der Waals surface area contributed by atoms with Crippen molar-refractivity contribution in [3.05, 3.63) is 71.4 Å². The van der Waals surface area contributed by atoms with Gasteiger partial charge >= 0.3 is 24.4 Å². The van der Waals surface area contributed by atoms with Crippen molar-refractivity contribution in [3.8, 4) is 5.75 Å². The minimum absolute atomic E-state index is 0.0935. The van der Waals surface area contributed by atoms with Crippen LogP contribution in [-0.4, -0.2) is 57.6 Å². The number of aromatic nitrogens is 1. The van der Waals surface area contributed by atoms with Crippen LogP contribution in [0.5, 0.6) is 5.75 Å². The molecule has 1 heterocycles. The Labute approximate surface area is 237 Å². The molecule has 9 nitrogen and oxygen atoms in total. The largest absolute Gasteiger partial charge is 0.490 e. The molecule has 1 atom stereocenters. The van der Waals surface area contributed by atoms with Crippen LogP contribution in [0.25, 0.3) is 10.9 Å². The number of carboxylic acids is 1. The van der Waals surface area contributed by atoms with E-state index >= 15 is 0 Å². The highest BCUT2D eigenvalue weighted by atomic mass is 19.4. The smallest absolute Gasteiger partial charge is 0.486 e. The van der Waals surface area contributed by atoms with Crippen LogP contribution in [0.3, 0.4) is 0 Å². The maximum atomic E-state index is 13.9. The Balaban J connectivity index is 0.000000821. The summed E-state index contributed by atoms with van der Waals surface area (Å²) in [5.74, 6) is -4.87. The van der Waals surface area contributed by atoms with Crippen molar-refractivity contribution in [2.45, 2.75) is 44.3 Å². The molecule has 0 bridgehead atoms. The molecule has 17 heteroatoms. The molecule has 0 radical (unpaired) electrons. The fourth-order valence-electron chi connectivity index (χ4n) is 3.53. The van der Waals surface area contributed by atoms with Crippen LogP contribution in [0.2, 0.25) is 0 Å². The van der Waals surface area contributed by atoms with Gasteiger partial charge in [-0.1, -0.05) is 18.2 Å². The summed E-state index contributed by atoms with van der Waals surface area (Å²) in [6.45, 7) is 0.403. The van der Waals surface area contributed by atoms with Gasteiger partial charge in [-0.15, -0.1) is 0 Å². The summed E-state index contributed by atoms with van der Waals surface area (Å²) in [5, 5.41) is 21.0. The van der Waals surface area contributed by atoms with Gasteiger partial charge in [0.25, 0.3) is 5.91 Å². The summed E-state index contributed by atoms with van der Waals surface area (Å²) < 4.78 is 103. The molecule has 0 aliphatic heterocycles. The average Bonchev–Trinajstić information content (AvgIpc) is 2.89. The number of para-hydroxylation sites is 1. The zero-order valence-corrected chi connectivity index (χ0v) is 21.9. The summed E-state index contributed by atoms with van der Waals surface area (Å²) >= 11 is 0. The van der Waals surface area contributed by atoms with Gasteiger partial charge in [0.15, 0.2) is 0 Å². The van der Waals surface area contributed by atoms with Gasteiger partial charge in [0, 0.05) is 24.5 Å². The number of amides is 2. The number of alkyl halides is 6. The van der Waals surface area contributed by atoms with Gasteiger partial charge in [-0.25, -0.2) is 18.4 Å². The Morgan fingerprint density at radius 1 is 0.907 bits per heavy atom. The number of nitrogens with zero attached hydrogens (tertiary/aromatic N) is 1. The number of carbonyl (C=O) groups is 3. The van der Waals surface area contributed by atoms with E-state index in [1.165, 1.54) is 37.4 Å². The molecule has 0 saturated carbocycles. The Hall–Kier alpha value is -4.70. The first-order chi connectivity index (χ1) is 19.8. The van der Waals surface area contributed by atoms with Crippen LogP contribution < -0.4 is 15.4 Å². The Kier molecular flexibility index (Phi) is 11.2. The number of nitrogens with one attached hydrogen (secondary N) is 2. The van der Waals surface area contributed by atoms with Crippen LogP contribution in [0.15, 0.2) is 48.7 Å². The second-order valence-electron chi connectivity index (χ2n) is 9.09. The summed E-state index contributed by atoms with van der Waals surface area (Å²) in [7, 11) is 0. The number of halogens is 8. The van der Waals surface area contributed by atoms with Crippen LogP contribution in [0, 0.1) is 11.6 Å². The number of carbonyl (C=O) groups excluding carboxylic acids is 1. The molecule has 2 aromatic carbocycles. The van der Waals surface area contributed by atoms with Gasteiger partial charge in [0.05, 0.1) is 16.7 Å². The SMILES string of the molecule is CC(CCC(F)(F)F)(CNC(=O)c1ccnc2c(OCc3c(F)cccc3F)cccc12)NC(=O)O.O=C(O)C(F)(F)F. The summed E-state index contributed by atoms with van der Waals surface area (Å²) in [4.78, 5) is 37.1. The van der Waals surface area contributed by atoms with Gasteiger partial charge < -0.3 is 25.6 Å². The summed E-state index contributed by atoms with van der Waals surface area (Å²) in [6, 6.07) is 9.36. The minimum Gasteiger partial charge on any atom is -0.486 e. The molecule has 1 unspecified atom stereocenters. The molecule has 3 aromatic rings. The van der Waals surface area contributed by atoms with Crippen molar-refractivity contribution < 1.29 is 64.5 Å². The van der Waals surface area contributed by atoms with Gasteiger partial charge in [0.2, 0.25) is 0 Å². The second-order valence-corrected chi connectivity index (χ2v) is 9.09. The molecule has 2 amide bonds. The first-order valence-electron chi connectivity index (χ1n) is 11.9. The van der Waals surface area contributed by atoms with E-state index in [1.807, 2.05) is 5.32 Å². The number of fused-ring (bicyclic) bond motifs is 1. The molecule has 0 aliphatic carbocycles. The number of carboxylic acid groups (broad SMARTS) is 2. The molecule has 1 aromatic heterocycles. The number of pyridine rings is 1.